The van der Waals surface area contributed by atoms with Gasteiger partial charge in [-0.25, -0.2) is 0 Å². The number of aryl methyl sites for hydroxylation is 2. The van der Waals surface area contributed by atoms with Crippen molar-refractivity contribution in [1.29, 1.82) is 0 Å². The van der Waals surface area contributed by atoms with E-state index in [-0.39, 0.29) is 0 Å². The topological polar surface area (TPSA) is 52.2 Å². The molecule has 1 aromatic carbocycles. The Bertz CT molecular complexity index is 624. The molecule has 0 bridgehead atoms. The van der Waals surface area contributed by atoms with E-state index in [0.717, 1.165) is 32.0 Å². The first-order chi connectivity index (χ1) is 9.24. The van der Waals surface area contributed by atoms with Crippen LogP contribution in [0, 0.1) is 13.8 Å². The third-order valence-corrected chi connectivity index (χ3v) is 3.73. The van der Waals surface area contributed by atoms with Crippen molar-refractivity contribution in [3.63, 3.8) is 0 Å². The lowest BCUT2D eigenvalue weighted by molar-refractivity contribution is 0.702. The number of aliphatic imine (C=N–C) groups is 1. The monoisotopic (exact) mass is 256 g/mol. The number of hydrogen-bond donors (Lipinski definition) is 3. The third kappa shape index (κ3) is 2.43. The molecule has 19 heavy (non-hydrogen) atoms. The molecular weight excluding hydrogens is 236 g/mol. The highest BCUT2D eigenvalue weighted by atomic mass is 15.2. The molecule has 0 unspecified atom stereocenters. The van der Waals surface area contributed by atoms with Crippen molar-refractivity contribution in [3.05, 3.63) is 35.0 Å². The van der Waals surface area contributed by atoms with Gasteiger partial charge >= 0.3 is 0 Å². The molecule has 1 aliphatic heterocycles. The summed E-state index contributed by atoms with van der Waals surface area (Å²) in [4.78, 5) is 7.82. The van der Waals surface area contributed by atoms with Crippen LogP contribution < -0.4 is 10.6 Å². The smallest absolute Gasteiger partial charge is 0.191 e. The third-order valence-electron chi connectivity index (χ3n) is 3.73. The average molecular weight is 256 g/mol. The second-order valence-corrected chi connectivity index (χ2v) is 5.12. The maximum Gasteiger partial charge on any atom is 0.191 e. The first kappa shape index (κ1) is 12.1. The maximum atomic E-state index is 4.42. The zero-order valence-electron chi connectivity index (χ0n) is 11.5. The van der Waals surface area contributed by atoms with Gasteiger partial charge in [-0.3, -0.25) is 4.99 Å². The molecule has 2 aromatic rings. The summed E-state index contributed by atoms with van der Waals surface area (Å²) in [6.45, 7) is 7.03. The van der Waals surface area contributed by atoms with Gasteiger partial charge in [0.1, 0.15) is 0 Å². The average Bonchev–Trinajstić information content (AvgIpc) is 2.73. The maximum absolute atomic E-state index is 4.42. The molecule has 0 spiro atoms. The highest BCUT2D eigenvalue weighted by Crippen LogP contribution is 2.22. The van der Waals surface area contributed by atoms with Crippen molar-refractivity contribution in [1.82, 2.24) is 15.6 Å². The van der Waals surface area contributed by atoms with Gasteiger partial charge < -0.3 is 15.6 Å². The molecule has 0 saturated carbocycles. The van der Waals surface area contributed by atoms with Gasteiger partial charge in [-0.1, -0.05) is 6.07 Å². The zero-order chi connectivity index (χ0) is 13.2. The molecule has 0 radical (unpaired) electrons. The molecule has 0 saturated heterocycles. The standard InChI is InChI=1S/C15H20N4/c1-10-11(2)19-14-5-4-12(8-13(10)14)9-18-15-16-6-3-7-17-15/h4-5,8,19H,3,6-7,9H2,1-2H3,(H2,16,17,18). The van der Waals surface area contributed by atoms with Crippen molar-refractivity contribution in [3.8, 4) is 0 Å². The van der Waals surface area contributed by atoms with E-state index in [1.807, 2.05) is 0 Å². The molecule has 4 nitrogen and oxygen atoms in total. The summed E-state index contributed by atoms with van der Waals surface area (Å²) in [5, 5.41) is 7.95. The van der Waals surface area contributed by atoms with E-state index in [9.17, 15) is 0 Å². The minimum Gasteiger partial charge on any atom is -0.358 e. The molecule has 100 valence electrons. The Morgan fingerprint density at radius 2 is 2.21 bits per heavy atom. The van der Waals surface area contributed by atoms with Crippen LogP contribution in [0.5, 0.6) is 0 Å². The number of rotatable bonds is 2. The predicted octanol–water partition coefficient (Wildman–Crippen LogP) is 2.22. The van der Waals surface area contributed by atoms with Crippen LogP contribution in [0.4, 0.5) is 0 Å². The van der Waals surface area contributed by atoms with Gasteiger partial charge in [0.25, 0.3) is 0 Å². The van der Waals surface area contributed by atoms with Crippen LogP contribution in [-0.4, -0.2) is 24.0 Å². The highest BCUT2D eigenvalue weighted by Gasteiger charge is 2.06. The fourth-order valence-corrected chi connectivity index (χ4v) is 2.46. The molecule has 3 rings (SSSR count). The van der Waals surface area contributed by atoms with Crippen LogP contribution in [0.2, 0.25) is 0 Å². The van der Waals surface area contributed by atoms with Crippen molar-refractivity contribution in [2.45, 2.75) is 26.8 Å². The van der Waals surface area contributed by atoms with E-state index >= 15 is 0 Å². The Morgan fingerprint density at radius 1 is 1.32 bits per heavy atom. The number of aromatic nitrogens is 1. The summed E-state index contributed by atoms with van der Waals surface area (Å²) in [6.07, 6.45) is 1.12. The Hall–Kier alpha value is -1.97. The molecule has 0 amide bonds. The molecule has 0 aliphatic carbocycles. The summed E-state index contributed by atoms with van der Waals surface area (Å²) in [5.41, 5.74) is 5.08. The van der Waals surface area contributed by atoms with Gasteiger partial charge in [-0.15, -0.1) is 0 Å². The van der Waals surface area contributed by atoms with Crippen LogP contribution in [-0.2, 0) is 6.54 Å². The fraction of sp³-hybridized carbons (Fsp3) is 0.400. The number of fused-ring (bicyclic) bond motifs is 1. The lowest BCUT2D eigenvalue weighted by Crippen LogP contribution is -2.40. The lowest BCUT2D eigenvalue weighted by atomic mass is 10.1. The lowest BCUT2D eigenvalue weighted by Gasteiger charge is -2.16. The van der Waals surface area contributed by atoms with Crippen LogP contribution in [0.1, 0.15) is 23.2 Å². The first-order valence-electron chi connectivity index (χ1n) is 6.84. The van der Waals surface area contributed by atoms with Crippen molar-refractivity contribution < 1.29 is 0 Å². The van der Waals surface area contributed by atoms with Gasteiger partial charge in [0.05, 0.1) is 0 Å². The Balaban J connectivity index is 1.77. The molecule has 0 atom stereocenters. The second kappa shape index (κ2) is 4.96. The first-order valence-corrected chi connectivity index (χ1v) is 6.84. The number of aromatic amines is 1. The summed E-state index contributed by atoms with van der Waals surface area (Å²) < 4.78 is 0. The van der Waals surface area contributed by atoms with Gasteiger partial charge in [-0.05, 0) is 43.5 Å². The van der Waals surface area contributed by atoms with Crippen molar-refractivity contribution in [2.75, 3.05) is 13.1 Å². The van der Waals surface area contributed by atoms with E-state index in [4.69, 9.17) is 0 Å². The van der Waals surface area contributed by atoms with E-state index in [1.165, 1.54) is 27.7 Å². The molecule has 0 fully saturated rings. The Morgan fingerprint density at radius 3 is 3.00 bits per heavy atom. The molecule has 2 heterocycles. The normalized spacial score (nSPS) is 15.2. The Labute approximate surface area is 113 Å². The highest BCUT2D eigenvalue weighted by molar-refractivity contribution is 5.85. The van der Waals surface area contributed by atoms with Crippen LogP contribution in [0.3, 0.4) is 0 Å². The summed E-state index contributed by atoms with van der Waals surface area (Å²) in [7, 11) is 0. The summed E-state index contributed by atoms with van der Waals surface area (Å²) >= 11 is 0. The number of nitrogens with one attached hydrogen (secondary N) is 3. The summed E-state index contributed by atoms with van der Waals surface area (Å²) in [5.74, 6) is 0.924. The van der Waals surface area contributed by atoms with E-state index < -0.39 is 0 Å². The molecule has 4 heteroatoms. The number of H-pyrrole nitrogens is 1. The van der Waals surface area contributed by atoms with Crippen molar-refractivity contribution in [2.24, 2.45) is 4.99 Å². The zero-order valence-corrected chi connectivity index (χ0v) is 11.5. The number of hydrogen-bond acceptors (Lipinski definition) is 3. The second-order valence-electron chi connectivity index (χ2n) is 5.12. The van der Waals surface area contributed by atoms with Gasteiger partial charge in [0, 0.05) is 36.2 Å². The fourth-order valence-electron chi connectivity index (χ4n) is 2.46. The van der Waals surface area contributed by atoms with Gasteiger partial charge in [0.2, 0.25) is 0 Å². The van der Waals surface area contributed by atoms with Crippen LogP contribution in [0.25, 0.3) is 10.9 Å². The predicted molar refractivity (Wildman–Crippen MR) is 79.5 cm³/mol. The number of nitrogens with zero attached hydrogens (tertiary/aromatic N) is 1. The van der Waals surface area contributed by atoms with Gasteiger partial charge in [0.15, 0.2) is 5.96 Å². The molecule has 3 N–H and O–H groups in total. The number of benzene rings is 1. The summed E-state index contributed by atoms with van der Waals surface area (Å²) in [6, 6.07) is 6.57. The molecule has 1 aromatic heterocycles. The molecule has 1 aliphatic rings. The molecular formula is C15H20N4. The van der Waals surface area contributed by atoms with E-state index in [1.54, 1.807) is 0 Å². The van der Waals surface area contributed by atoms with Crippen LogP contribution in [0.15, 0.2) is 23.2 Å². The van der Waals surface area contributed by atoms with Crippen molar-refractivity contribution >= 4 is 16.9 Å². The van der Waals surface area contributed by atoms with E-state index in [2.05, 4.69) is 52.7 Å². The Kier molecular flexibility index (Phi) is 3.15. The van der Waals surface area contributed by atoms with Crippen LogP contribution >= 0.6 is 0 Å². The van der Waals surface area contributed by atoms with E-state index in [0.29, 0.717) is 0 Å². The minimum atomic E-state index is 0.811. The SMILES string of the molecule is Cc1[nH]c2ccc(CNC3=NCCCN3)cc2c1C. The minimum absolute atomic E-state index is 0.811. The quantitative estimate of drug-likeness (QED) is 0.771. The largest absolute Gasteiger partial charge is 0.358 e. The number of guanidine groups is 1. The van der Waals surface area contributed by atoms with Gasteiger partial charge in [-0.2, -0.15) is 0 Å².